The van der Waals surface area contributed by atoms with Crippen molar-refractivity contribution >= 4 is 17.1 Å². The highest BCUT2D eigenvalue weighted by Crippen LogP contribution is 2.16. The molecule has 2 heterocycles. The molecule has 1 fully saturated rings. The van der Waals surface area contributed by atoms with Crippen molar-refractivity contribution in [1.82, 2.24) is 10.3 Å². The van der Waals surface area contributed by atoms with Gasteiger partial charge in [-0.25, -0.2) is 4.98 Å². The van der Waals surface area contributed by atoms with E-state index in [1.165, 1.54) is 0 Å². The van der Waals surface area contributed by atoms with Crippen molar-refractivity contribution in [1.29, 1.82) is 0 Å². The summed E-state index contributed by atoms with van der Waals surface area (Å²) in [5.41, 5.74) is 1.02. The maximum Gasteiger partial charge on any atom is 0.140 e. The molecule has 2 rings (SSSR count). The van der Waals surface area contributed by atoms with Gasteiger partial charge in [0.1, 0.15) is 10.8 Å². The first-order valence-corrected chi connectivity index (χ1v) is 6.25. The molecule has 4 heteroatoms. The van der Waals surface area contributed by atoms with Crippen molar-refractivity contribution < 1.29 is 4.79 Å². The standard InChI is InChI=1S/C11H16N2OS/c1-8-7-15-11(13-8)5-10(14)4-9-2-3-12-6-9/h7,9,12H,2-6H2,1H3. The minimum Gasteiger partial charge on any atom is -0.316 e. The van der Waals surface area contributed by atoms with Gasteiger partial charge in [-0.15, -0.1) is 11.3 Å². The number of carbonyl (C=O) groups excluding carboxylic acids is 1. The quantitative estimate of drug-likeness (QED) is 0.844. The zero-order chi connectivity index (χ0) is 10.7. The van der Waals surface area contributed by atoms with Crippen molar-refractivity contribution in [3.05, 3.63) is 16.1 Å². The first-order valence-electron chi connectivity index (χ1n) is 5.37. The Hall–Kier alpha value is -0.740. The lowest BCUT2D eigenvalue weighted by Crippen LogP contribution is -2.14. The first kappa shape index (κ1) is 10.8. The second-order valence-corrected chi connectivity index (χ2v) is 5.10. The normalized spacial score (nSPS) is 20.7. The lowest BCUT2D eigenvalue weighted by atomic mass is 10.0. The van der Waals surface area contributed by atoms with E-state index in [2.05, 4.69) is 10.3 Å². The van der Waals surface area contributed by atoms with Gasteiger partial charge in [0.15, 0.2) is 0 Å². The van der Waals surface area contributed by atoms with Crippen LogP contribution in [0.4, 0.5) is 0 Å². The average molecular weight is 224 g/mol. The van der Waals surface area contributed by atoms with Crippen molar-refractivity contribution in [3.63, 3.8) is 0 Å². The largest absolute Gasteiger partial charge is 0.316 e. The fourth-order valence-electron chi connectivity index (χ4n) is 1.94. The van der Waals surface area contributed by atoms with Gasteiger partial charge in [0.25, 0.3) is 0 Å². The molecule has 1 aromatic rings. The third-order valence-electron chi connectivity index (χ3n) is 2.69. The van der Waals surface area contributed by atoms with Crippen molar-refractivity contribution in [2.75, 3.05) is 13.1 Å². The van der Waals surface area contributed by atoms with Gasteiger partial charge >= 0.3 is 0 Å². The van der Waals surface area contributed by atoms with Crippen molar-refractivity contribution in [2.45, 2.75) is 26.2 Å². The Kier molecular flexibility index (Phi) is 3.49. The molecule has 1 aliphatic rings. The molecule has 0 bridgehead atoms. The summed E-state index contributed by atoms with van der Waals surface area (Å²) in [5.74, 6) is 0.886. The number of aromatic nitrogens is 1. The van der Waals surface area contributed by atoms with Gasteiger partial charge in [-0.05, 0) is 32.4 Å². The van der Waals surface area contributed by atoms with Crippen LogP contribution in [0.15, 0.2) is 5.38 Å². The fraction of sp³-hybridized carbons (Fsp3) is 0.636. The van der Waals surface area contributed by atoms with Crippen molar-refractivity contribution in [2.24, 2.45) is 5.92 Å². The van der Waals surface area contributed by atoms with E-state index < -0.39 is 0 Å². The van der Waals surface area contributed by atoms with E-state index in [0.717, 1.165) is 30.2 Å². The summed E-state index contributed by atoms with van der Waals surface area (Å²) in [6, 6.07) is 0. The van der Waals surface area contributed by atoms with E-state index in [1.54, 1.807) is 11.3 Å². The molecule has 1 aromatic heterocycles. The SMILES string of the molecule is Cc1csc(CC(=O)CC2CCNC2)n1. The molecule has 1 N–H and O–H groups in total. The number of rotatable bonds is 4. The van der Waals surface area contributed by atoms with E-state index in [4.69, 9.17) is 0 Å². The number of thiazole rings is 1. The minimum atomic E-state index is 0.332. The molecule has 1 aliphatic heterocycles. The van der Waals surface area contributed by atoms with Gasteiger partial charge in [0.2, 0.25) is 0 Å². The summed E-state index contributed by atoms with van der Waals surface area (Å²) < 4.78 is 0. The smallest absolute Gasteiger partial charge is 0.140 e. The number of aryl methyl sites for hydroxylation is 1. The predicted molar refractivity (Wildman–Crippen MR) is 61.2 cm³/mol. The molecule has 3 nitrogen and oxygen atoms in total. The minimum absolute atomic E-state index is 0.332. The topological polar surface area (TPSA) is 42.0 Å². The third kappa shape index (κ3) is 3.11. The van der Waals surface area contributed by atoms with Gasteiger partial charge in [-0.1, -0.05) is 0 Å². The average Bonchev–Trinajstić information content (AvgIpc) is 2.77. The molecule has 0 aromatic carbocycles. The van der Waals surface area contributed by atoms with Gasteiger partial charge in [0.05, 0.1) is 6.42 Å². The Bertz CT molecular complexity index is 342. The highest BCUT2D eigenvalue weighted by atomic mass is 32.1. The van der Waals surface area contributed by atoms with Crippen LogP contribution in [-0.4, -0.2) is 23.9 Å². The van der Waals surface area contributed by atoms with Crippen LogP contribution in [0.2, 0.25) is 0 Å². The summed E-state index contributed by atoms with van der Waals surface area (Å²) in [5, 5.41) is 6.24. The van der Waals surface area contributed by atoms with Crippen LogP contribution in [0.5, 0.6) is 0 Å². The van der Waals surface area contributed by atoms with E-state index in [-0.39, 0.29) is 0 Å². The first-order chi connectivity index (χ1) is 7.24. The van der Waals surface area contributed by atoms with Crippen LogP contribution in [0, 0.1) is 12.8 Å². The Morgan fingerprint density at radius 3 is 3.20 bits per heavy atom. The Balaban J connectivity index is 1.81. The zero-order valence-corrected chi connectivity index (χ0v) is 9.77. The second kappa shape index (κ2) is 4.86. The molecule has 0 saturated carbocycles. The van der Waals surface area contributed by atoms with Gasteiger partial charge < -0.3 is 5.32 Å². The number of nitrogens with one attached hydrogen (secondary N) is 1. The summed E-state index contributed by atoms with van der Waals surface area (Å²) in [6.45, 7) is 4.03. The Morgan fingerprint density at radius 1 is 1.73 bits per heavy atom. The molecule has 1 atom stereocenters. The molecule has 15 heavy (non-hydrogen) atoms. The maximum atomic E-state index is 11.7. The molecular formula is C11H16N2OS. The number of hydrogen-bond donors (Lipinski definition) is 1. The number of nitrogens with zero attached hydrogens (tertiary/aromatic N) is 1. The number of ketones is 1. The molecule has 0 amide bonds. The van der Waals surface area contributed by atoms with Gasteiger partial charge in [0, 0.05) is 17.5 Å². The molecule has 0 aliphatic carbocycles. The van der Waals surface area contributed by atoms with E-state index in [0.29, 0.717) is 24.5 Å². The van der Waals surface area contributed by atoms with Crippen LogP contribution in [0.3, 0.4) is 0 Å². The summed E-state index contributed by atoms with van der Waals surface area (Å²) >= 11 is 1.59. The van der Waals surface area contributed by atoms with Crippen LogP contribution < -0.4 is 5.32 Å². The maximum absolute atomic E-state index is 11.7. The molecular weight excluding hydrogens is 208 g/mol. The van der Waals surface area contributed by atoms with Crippen LogP contribution in [-0.2, 0) is 11.2 Å². The predicted octanol–water partition coefficient (Wildman–Crippen LogP) is 1.56. The molecule has 1 unspecified atom stereocenters. The molecule has 0 spiro atoms. The van der Waals surface area contributed by atoms with Gasteiger partial charge in [-0.2, -0.15) is 0 Å². The molecule has 0 radical (unpaired) electrons. The molecule has 1 saturated heterocycles. The highest BCUT2D eigenvalue weighted by Gasteiger charge is 2.18. The third-order valence-corrected chi connectivity index (χ3v) is 3.66. The zero-order valence-electron chi connectivity index (χ0n) is 8.95. The highest BCUT2D eigenvalue weighted by molar-refractivity contribution is 7.09. The van der Waals surface area contributed by atoms with Crippen molar-refractivity contribution in [3.8, 4) is 0 Å². The number of hydrogen-bond acceptors (Lipinski definition) is 4. The lowest BCUT2D eigenvalue weighted by Gasteiger charge is -2.05. The van der Waals surface area contributed by atoms with E-state index in [1.807, 2.05) is 12.3 Å². The summed E-state index contributed by atoms with van der Waals surface area (Å²) in [4.78, 5) is 16.0. The van der Waals surface area contributed by atoms with Crippen LogP contribution in [0.1, 0.15) is 23.5 Å². The van der Waals surface area contributed by atoms with E-state index in [9.17, 15) is 4.79 Å². The Labute approximate surface area is 93.9 Å². The summed E-state index contributed by atoms with van der Waals surface area (Å²) in [7, 11) is 0. The number of Topliss-reactive ketones (excluding diaryl/α,β-unsaturated/α-hetero) is 1. The summed E-state index contributed by atoms with van der Waals surface area (Å²) in [6.07, 6.45) is 2.38. The Morgan fingerprint density at radius 2 is 2.60 bits per heavy atom. The molecule has 82 valence electrons. The van der Waals surface area contributed by atoms with Crippen LogP contribution >= 0.6 is 11.3 Å². The number of carbonyl (C=O) groups is 1. The lowest BCUT2D eigenvalue weighted by molar-refractivity contribution is -0.119. The van der Waals surface area contributed by atoms with Gasteiger partial charge in [-0.3, -0.25) is 4.79 Å². The van der Waals surface area contributed by atoms with E-state index >= 15 is 0 Å². The fourth-order valence-corrected chi connectivity index (χ4v) is 2.74. The second-order valence-electron chi connectivity index (χ2n) is 4.16. The monoisotopic (exact) mass is 224 g/mol. The van der Waals surface area contributed by atoms with Crippen LogP contribution in [0.25, 0.3) is 0 Å².